The van der Waals surface area contributed by atoms with Crippen molar-refractivity contribution >= 4 is 5.69 Å². The van der Waals surface area contributed by atoms with Gasteiger partial charge in [-0.2, -0.15) is 0 Å². The van der Waals surface area contributed by atoms with Gasteiger partial charge >= 0.3 is 0 Å². The molecule has 1 unspecified atom stereocenters. The Hall–Kier alpha value is -2.00. The van der Waals surface area contributed by atoms with Gasteiger partial charge in [0, 0.05) is 17.7 Å². The number of anilines is 1. The highest BCUT2D eigenvalue weighted by atomic mass is 16.5. The molecule has 0 aliphatic heterocycles. The second-order valence-corrected chi connectivity index (χ2v) is 4.43. The fourth-order valence-electron chi connectivity index (χ4n) is 2.05. The Labute approximate surface area is 113 Å². The van der Waals surface area contributed by atoms with Crippen molar-refractivity contribution in [1.82, 2.24) is 0 Å². The van der Waals surface area contributed by atoms with E-state index in [0.717, 1.165) is 16.9 Å². The van der Waals surface area contributed by atoms with Crippen molar-refractivity contribution in [3.63, 3.8) is 0 Å². The van der Waals surface area contributed by atoms with Crippen LogP contribution in [0.5, 0.6) is 5.75 Å². The molecule has 0 bridgehead atoms. The first-order chi connectivity index (χ1) is 9.20. The lowest BCUT2D eigenvalue weighted by atomic mass is 10.00. The zero-order valence-corrected chi connectivity index (χ0v) is 11.0. The van der Waals surface area contributed by atoms with Crippen LogP contribution in [0.2, 0.25) is 0 Å². The van der Waals surface area contributed by atoms with Crippen molar-refractivity contribution in [2.75, 3.05) is 12.3 Å². The summed E-state index contributed by atoms with van der Waals surface area (Å²) in [5.74, 6) is 0.735. The highest BCUT2D eigenvalue weighted by molar-refractivity contribution is 5.52. The molecule has 0 aromatic heterocycles. The molecule has 3 heteroatoms. The lowest BCUT2D eigenvalue weighted by Gasteiger charge is -2.15. The number of aliphatic hydroxyl groups excluding tert-OH is 1. The number of aliphatic hydroxyl groups is 1. The molecule has 0 spiro atoms. The average molecular weight is 257 g/mol. The maximum absolute atomic E-state index is 10.3. The van der Waals surface area contributed by atoms with E-state index in [1.54, 1.807) is 6.07 Å². The smallest absolute Gasteiger partial charge is 0.119 e. The third-order valence-electron chi connectivity index (χ3n) is 3.00. The molecule has 2 aromatic carbocycles. The Morgan fingerprint density at radius 1 is 1.16 bits per heavy atom. The summed E-state index contributed by atoms with van der Waals surface area (Å²) in [5.41, 5.74) is 8.31. The monoisotopic (exact) mass is 257 g/mol. The Balaban J connectivity index is 2.18. The number of hydrogen-bond donors (Lipinski definition) is 2. The maximum Gasteiger partial charge on any atom is 0.119 e. The van der Waals surface area contributed by atoms with Crippen LogP contribution in [0, 0.1) is 0 Å². The van der Waals surface area contributed by atoms with E-state index in [-0.39, 0.29) is 0 Å². The van der Waals surface area contributed by atoms with Gasteiger partial charge in [-0.15, -0.1) is 0 Å². The summed E-state index contributed by atoms with van der Waals surface area (Å²) in [6.07, 6.45) is -0.0801. The molecular weight excluding hydrogens is 238 g/mol. The first-order valence-corrected chi connectivity index (χ1v) is 6.45. The van der Waals surface area contributed by atoms with Crippen LogP contribution in [0.15, 0.2) is 48.5 Å². The molecule has 1 atom stereocenters. The molecular formula is C16H19NO2. The molecule has 0 heterocycles. The second kappa shape index (κ2) is 6.25. The van der Waals surface area contributed by atoms with Crippen LogP contribution in [0.3, 0.4) is 0 Å². The highest BCUT2D eigenvalue weighted by Gasteiger charge is 2.13. The first-order valence-electron chi connectivity index (χ1n) is 6.45. The Morgan fingerprint density at radius 3 is 2.58 bits per heavy atom. The van der Waals surface area contributed by atoms with Gasteiger partial charge in [0.1, 0.15) is 5.75 Å². The molecule has 0 amide bonds. The molecule has 0 aliphatic rings. The van der Waals surface area contributed by atoms with E-state index in [1.165, 1.54) is 0 Å². The van der Waals surface area contributed by atoms with Gasteiger partial charge in [-0.05, 0) is 30.7 Å². The van der Waals surface area contributed by atoms with Gasteiger partial charge in [0.25, 0.3) is 0 Å². The summed E-state index contributed by atoms with van der Waals surface area (Å²) < 4.78 is 5.44. The zero-order valence-electron chi connectivity index (χ0n) is 11.0. The molecule has 3 N–H and O–H groups in total. The van der Waals surface area contributed by atoms with Crippen molar-refractivity contribution < 1.29 is 9.84 Å². The SMILES string of the molecule is CCOc1ccc(N)c(C(O)Cc2ccccc2)c1. The van der Waals surface area contributed by atoms with Crippen LogP contribution < -0.4 is 10.5 Å². The van der Waals surface area contributed by atoms with E-state index < -0.39 is 6.10 Å². The summed E-state index contributed by atoms with van der Waals surface area (Å²) in [4.78, 5) is 0. The molecule has 100 valence electrons. The molecule has 3 nitrogen and oxygen atoms in total. The number of rotatable bonds is 5. The third-order valence-corrected chi connectivity index (χ3v) is 3.00. The fourth-order valence-corrected chi connectivity index (χ4v) is 2.05. The van der Waals surface area contributed by atoms with Gasteiger partial charge in [-0.1, -0.05) is 30.3 Å². The third kappa shape index (κ3) is 3.48. The molecule has 19 heavy (non-hydrogen) atoms. The Kier molecular flexibility index (Phi) is 4.42. The Bertz CT molecular complexity index is 526. The maximum atomic E-state index is 10.3. The van der Waals surface area contributed by atoms with E-state index in [4.69, 9.17) is 10.5 Å². The van der Waals surface area contributed by atoms with Gasteiger partial charge < -0.3 is 15.6 Å². The largest absolute Gasteiger partial charge is 0.494 e. The molecule has 0 fully saturated rings. The molecule has 2 rings (SSSR count). The van der Waals surface area contributed by atoms with Gasteiger partial charge in [0.2, 0.25) is 0 Å². The van der Waals surface area contributed by atoms with E-state index in [1.807, 2.05) is 49.4 Å². The molecule has 0 saturated carbocycles. The highest BCUT2D eigenvalue weighted by Crippen LogP contribution is 2.27. The minimum Gasteiger partial charge on any atom is -0.494 e. The second-order valence-electron chi connectivity index (χ2n) is 4.43. The van der Waals surface area contributed by atoms with Crippen molar-refractivity contribution in [3.05, 3.63) is 59.7 Å². The predicted octanol–water partition coefficient (Wildman–Crippen LogP) is 2.94. The van der Waals surface area contributed by atoms with Gasteiger partial charge in [-0.3, -0.25) is 0 Å². The van der Waals surface area contributed by atoms with Crippen LogP contribution >= 0.6 is 0 Å². The van der Waals surface area contributed by atoms with Gasteiger partial charge in [0.15, 0.2) is 0 Å². The van der Waals surface area contributed by atoms with Crippen molar-refractivity contribution in [2.45, 2.75) is 19.4 Å². The zero-order chi connectivity index (χ0) is 13.7. The van der Waals surface area contributed by atoms with Crippen LogP contribution in [0.4, 0.5) is 5.69 Å². The number of benzene rings is 2. The normalized spacial score (nSPS) is 12.1. The Morgan fingerprint density at radius 2 is 1.89 bits per heavy atom. The number of nitrogens with two attached hydrogens (primary N) is 1. The number of nitrogen functional groups attached to an aromatic ring is 1. The van der Waals surface area contributed by atoms with Crippen LogP contribution in [-0.2, 0) is 6.42 Å². The van der Waals surface area contributed by atoms with E-state index in [2.05, 4.69) is 0 Å². The standard InChI is InChI=1S/C16H19NO2/c1-2-19-13-8-9-15(17)14(11-13)16(18)10-12-6-4-3-5-7-12/h3-9,11,16,18H,2,10,17H2,1H3. The summed E-state index contributed by atoms with van der Waals surface area (Å²) in [6.45, 7) is 2.52. The molecule has 0 saturated heterocycles. The summed E-state index contributed by atoms with van der Waals surface area (Å²) in [7, 11) is 0. The van der Waals surface area contributed by atoms with E-state index in [0.29, 0.717) is 18.7 Å². The summed E-state index contributed by atoms with van der Waals surface area (Å²) >= 11 is 0. The van der Waals surface area contributed by atoms with Gasteiger partial charge in [0.05, 0.1) is 12.7 Å². The topological polar surface area (TPSA) is 55.5 Å². The average Bonchev–Trinajstić information content (AvgIpc) is 2.42. The number of hydrogen-bond acceptors (Lipinski definition) is 3. The lowest BCUT2D eigenvalue weighted by molar-refractivity contribution is 0.178. The van der Waals surface area contributed by atoms with E-state index in [9.17, 15) is 5.11 Å². The molecule has 0 aliphatic carbocycles. The van der Waals surface area contributed by atoms with E-state index >= 15 is 0 Å². The van der Waals surface area contributed by atoms with Crippen molar-refractivity contribution in [3.8, 4) is 5.75 Å². The minimum absolute atomic E-state index is 0.542. The predicted molar refractivity (Wildman–Crippen MR) is 77.1 cm³/mol. The summed E-state index contributed by atoms with van der Waals surface area (Å²) in [6, 6.07) is 15.3. The first kappa shape index (κ1) is 13.4. The van der Waals surface area contributed by atoms with Gasteiger partial charge in [-0.25, -0.2) is 0 Å². The van der Waals surface area contributed by atoms with Crippen LogP contribution in [0.1, 0.15) is 24.2 Å². The molecule has 0 radical (unpaired) electrons. The van der Waals surface area contributed by atoms with Crippen LogP contribution in [-0.4, -0.2) is 11.7 Å². The summed E-state index contributed by atoms with van der Waals surface area (Å²) in [5, 5.41) is 10.3. The minimum atomic E-state index is -0.622. The van der Waals surface area contributed by atoms with Crippen molar-refractivity contribution in [1.29, 1.82) is 0 Å². The molecule has 2 aromatic rings. The fraction of sp³-hybridized carbons (Fsp3) is 0.250. The van der Waals surface area contributed by atoms with Crippen molar-refractivity contribution in [2.24, 2.45) is 0 Å². The quantitative estimate of drug-likeness (QED) is 0.810. The lowest BCUT2D eigenvalue weighted by Crippen LogP contribution is -2.06. The van der Waals surface area contributed by atoms with Crippen LogP contribution in [0.25, 0.3) is 0 Å². The number of ether oxygens (including phenoxy) is 1.